The average molecular weight is 890 g/mol. The fourth-order valence-corrected chi connectivity index (χ4v) is 11.3. The SMILES string of the molecule is [B][C@H]1C[C@@H](OP(=O)(OC[C@H]2O[C@@H](n3cc(C)c(=O)[nH]c3=O)C[C@H]2O[P+](=O)O)Sc2ccccc2)[C@@H](COC(c2ccccc2)(c2ccc(OC)cc2)c2ccc(OC)cc2)O1. The number of H-pyrrole nitrogens is 1. The summed E-state index contributed by atoms with van der Waals surface area (Å²) >= 11 is 0.856. The second-order valence-electron chi connectivity index (χ2n) is 14.3. The number of nitrogens with one attached hydrogen (secondary N) is 1. The Kier molecular flexibility index (Phi) is 14.5. The van der Waals surface area contributed by atoms with E-state index >= 15 is 4.57 Å². The molecule has 61 heavy (non-hydrogen) atoms. The first-order valence-electron chi connectivity index (χ1n) is 19.3. The number of aromatic nitrogens is 2. The van der Waals surface area contributed by atoms with Crippen molar-refractivity contribution in [1.82, 2.24) is 9.55 Å². The molecule has 2 aliphatic heterocycles. The van der Waals surface area contributed by atoms with Crippen LogP contribution >= 0.6 is 26.4 Å². The standard InChI is InChI=1S/C42H43BN2O13P2S/c1-27-24-45(41(47)44-40(27)46)39-23-34(57-59(48)49)37(56-39)26-54-60(50,61-33-12-8-5-9-13-33)58-35-22-38(43)55-36(35)25-53-42(28-10-6-4-7-11-28,29-14-18-31(51-2)19-15-29)30-16-20-32(52-3)21-17-30/h4-21,24,34-39H,22-23,25-26H2,1-3H3,(H-,44,46,47,48,49)/p+1/t34-,35-,36-,37-,38-,39-,60?/m1/s1. The maximum atomic E-state index is 15.0. The van der Waals surface area contributed by atoms with Crippen LogP contribution in [0.5, 0.6) is 11.5 Å². The minimum Gasteiger partial charge on any atom is -0.497 e. The molecule has 318 valence electrons. The lowest BCUT2D eigenvalue weighted by Gasteiger charge is -2.37. The summed E-state index contributed by atoms with van der Waals surface area (Å²) in [4.78, 5) is 37.3. The molecule has 2 aliphatic rings. The van der Waals surface area contributed by atoms with Crippen molar-refractivity contribution in [3.63, 3.8) is 0 Å². The molecule has 3 heterocycles. The van der Waals surface area contributed by atoms with E-state index in [-0.39, 0.29) is 25.0 Å². The number of ether oxygens (including phenoxy) is 5. The molecule has 7 rings (SSSR count). The highest BCUT2D eigenvalue weighted by Crippen LogP contribution is 2.65. The van der Waals surface area contributed by atoms with Crippen molar-refractivity contribution >= 4 is 34.3 Å². The van der Waals surface area contributed by atoms with Crippen LogP contribution in [-0.4, -0.2) is 80.1 Å². The molecule has 2 N–H and O–H groups in total. The fraction of sp³-hybridized carbons (Fsp3) is 0.333. The van der Waals surface area contributed by atoms with E-state index < -0.39 is 75.2 Å². The molecule has 19 heteroatoms. The van der Waals surface area contributed by atoms with Crippen molar-refractivity contribution < 1.29 is 51.3 Å². The van der Waals surface area contributed by atoms with Gasteiger partial charge in [0.25, 0.3) is 5.56 Å². The van der Waals surface area contributed by atoms with Gasteiger partial charge in [0, 0.05) is 33.6 Å². The highest BCUT2D eigenvalue weighted by molar-refractivity contribution is 8.55. The van der Waals surface area contributed by atoms with Crippen LogP contribution in [0.3, 0.4) is 0 Å². The van der Waals surface area contributed by atoms with E-state index in [0.717, 1.165) is 32.6 Å². The molecule has 5 aromatic rings. The summed E-state index contributed by atoms with van der Waals surface area (Å²) in [5, 5.41) is 0. The van der Waals surface area contributed by atoms with Crippen molar-refractivity contribution in [2.45, 2.75) is 66.9 Å². The van der Waals surface area contributed by atoms with E-state index in [2.05, 4.69) is 4.98 Å². The van der Waals surface area contributed by atoms with Gasteiger partial charge in [0.15, 0.2) is 0 Å². The Hall–Kier alpha value is -4.38. The smallest absolute Gasteiger partial charge is 0.497 e. The van der Waals surface area contributed by atoms with E-state index in [4.69, 9.17) is 45.1 Å². The van der Waals surface area contributed by atoms with Gasteiger partial charge in [-0.2, -0.15) is 0 Å². The summed E-state index contributed by atoms with van der Waals surface area (Å²) in [6.07, 6.45) is -3.53. The quantitative estimate of drug-likeness (QED) is 0.0534. The van der Waals surface area contributed by atoms with Gasteiger partial charge in [-0.25, -0.2) is 9.36 Å². The molecule has 0 saturated carbocycles. The largest absolute Gasteiger partial charge is 0.695 e. The van der Waals surface area contributed by atoms with Crippen LogP contribution in [0.1, 0.15) is 41.3 Å². The Morgan fingerprint density at radius 3 is 2.00 bits per heavy atom. The molecule has 0 amide bonds. The van der Waals surface area contributed by atoms with Gasteiger partial charge in [-0.1, -0.05) is 72.8 Å². The van der Waals surface area contributed by atoms with E-state index in [1.54, 1.807) is 38.5 Å². The maximum Gasteiger partial charge on any atom is 0.695 e. The molecule has 0 bridgehead atoms. The van der Waals surface area contributed by atoms with Crippen LogP contribution in [0.2, 0.25) is 0 Å². The third kappa shape index (κ3) is 10.5. The lowest BCUT2D eigenvalue weighted by molar-refractivity contribution is -0.0724. The van der Waals surface area contributed by atoms with Crippen LogP contribution in [0.25, 0.3) is 0 Å². The number of hydrogen-bond donors (Lipinski definition) is 2. The van der Waals surface area contributed by atoms with Crippen LogP contribution in [0.15, 0.2) is 130 Å². The molecule has 2 radical (unpaired) electrons. The lowest BCUT2D eigenvalue weighted by atomic mass is 9.80. The molecule has 2 unspecified atom stereocenters. The van der Waals surface area contributed by atoms with Crippen molar-refractivity contribution in [3.8, 4) is 11.5 Å². The average Bonchev–Trinajstić information content (AvgIpc) is 3.83. The number of methoxy groups -OCH3 is 2. The van der Waals surface area contributed by atoms with Crippen LogP contribution in [-0.2, 0) is 42.5 Å². The normalized spacial score (nSPS) is 22.7. The van der Waals surface area contributed by atoms with E-state index in [1.165, 1.54) is 13.1 Å². The molecular weight excluding hydrogens is 845 g/mol. The van der Waals surface area contributed by atoms with E-state index in [1.807, 2.05) is 84.9 Å². The van der Waals surface area contributed by atoms with Crippen LogP contribution < -0.4 is 20.7 Å². The predicted molar refractivity (Wildman–Crippen MR) is 227 cm³/mol. The summed E-state index contributed by atoms with van der Waals surface area (Å²) in [5.41, 5.74) is 0.119. The summed E-state index contributed by atoms with van der Waals surface area (Å²) in [6, 6.07) is 32.9. The Morgan fingerprint density at radius 1 is 0.836 bits per heavy atom. The van der Waals surface area contributed by atoms with Gasteiger partial charge in [0.05, 0.1) is 33.5 Å². The van der Waals surface area contributed by atoms with Crippen molar-refractivity contribution in [2.75, 3.05) is 27.4 Å². The van der Waals surface area contributed by atoms with Crippen molar-refractivity contribution in [3.05, 3.63) is 158 Å². The zero-order valence-electron chi connectivity index (χ0n) is 33.4. The highest BCUT2D eigenvalue weighted by atomic mass is 32.7. The predicted octanol–water partition coefficient (Wildman–Crippen LogP) is 6.78. The fourth-order valence-electron chi connectivity index (χ4n) is 7.35. The molecule has 2 saturated heterocycles. The number of rotatable bonds is 18. The molecule has 2 fully saturated rings. The molecule has 15 nitrogen and oxygen atoms in total. The zero-order valence-corrected chi connectivity index (χ0v) is 36.0. The minimum absolute atomic E-state index is 0.0612. The molecule has 1 aromatic heterocycles. The molecule has 0 spiro atoms. The van der Waals surface area contributed by atoms with E-state index in [9.17, 15) is 19.0 Å². The van der Waals surface area contributed by atoms with Gasteiger partial charge in [-0.3, -0.25) is 23.4 Å². The van der Waals surface area contributed by atoms with Gasteiger partial charge >= 0.3 is 20.7 Å². The zero-order chi connectivity index (χ0) is 43.1. The molecule has 8 atom stereocenters. The second kappa shape index (κ2) is 19.8. The lowest BCUT2D eigenvalue weighted by Crippen LogP contribution is -2.38. The monoisotopic (exact) mass is 889 g/mol. The van der Waals surface area contributed by atoms with Gasteiger partial charge in [0.2, 0.25) is 0 Å². The first kappa shape index (κ1) is 44.7. The van der Waals surface area contributed by atoms with Crippen LogP contribution in [0.4, 0.5) is 0 Å². The Labute approximate surface area is 358 Å². The van der Waals surface area contributed by atoms with Crippen molar-refractivity contribution in [2.24, 2.45) is 0 Å². The Morgan fingerprint density at radius 2 is 1.41 bits per heavy atom. The molecule has 4 aromatic carbocycles. The number of benzene rings is 4. The minimum atomic E-state index is -4.23. The summed E-state index contributed by atoms with van der Waals surface area (Å²) in [6.45, 7) is -3.23. The van der Waals surface area contributed by atoms with Crippen molar-refractivity contribution in [1.29, 1.82) is 0 Å². The molecular formula is C42H44BN2O13P2S+. The maximum absolute atomic E-state index is 15.0. The summed E-state index contributed by atoms with van der Waals surface area (Å²) in [5.74, 6) is 1.32. The van der Waals surface area contributed by atoms with Gasteiger partial charge in [-0.15, -0.1) is 9.42 Å². The van der Waals surface area contributed by atoms with Gasteiger partial charge in [-0.05, 0) is 77.8 Å². The Balaban J connectivity index is 1.18. The second-order valence-corrected chi connectivity index (χ2v) is 18.9. The number of aryl methyl sites for hydroxylation is 1. The third-order valence-electron chi connectivity index (χ3n) is 10.4. The first-order chi connectivity index (χ1) is 29.4. The highest BCUT2D eigenvalue weighted by Gasteiger charge is 2.47. The van der Waals surface area contributed by atoms with E-state index in [0.29, 0.717) is 16.4 Å². The van der Waals surface area contributed by atoms with Crippen LogP contribution in [0, 0.1) is 6.92 Å². The topological polar surface area (TPSA) is 183 Å². The Bertz CT molecular complexity index is 2380. The number of aromatic amines is 1. The third-order valence-corrected chi connectivity index (χ3v) is 14.4. The molecule has 0 aliphatic carbocycles. The van der Waals surface area contributed by atoms with Gasteiger partial charge in [0.1, 0.15) is 49.5 Å². The first-order valence-corrected chi connectivity index (χ1v) is 23.4. The number of nitrogens with zero attached hydrogens (tertiary/aromatic N) is 1. The summed E-state index contributed by atoms with van der Waals surface area (Å²) in [7, 11) is 6.49. The number of hydrogen-bond acceptors (Lipinski definition) is 13. The van der Waals surface area contributed by atoms with Gasteiger partial charge < -0.3 is 23.7 Å². The summed E-state index contributed by atoms with van der Waals surface area (Å²) < 4.78 is 76.3.